The summed E-state index contributed by atoms with van der Waals surface area (Å²) in [5, 5.41) is 0. The molecule has 0 amide bonds. The maximum Gasteiger partial charge on any atom is 0.251 e. The molecule has 0 saturated carbocycles. The molecule has 2 aliphatic rings. The van der Waals surface area contributed by atoms with Crippen molar-refractivity contribution in [2.75, 3.05) is 19.8 Å². The predicted octanol–water partition coefficient (Wildman–Crippen LogP) is 4.45. The maximum atomic E-state index is 13.5. The van der Waals surface area contributed by atoms with Gasteiger partial charge in [0.2, 0.25) is 0 Å². The minimum absolute atomic E-state index is 0.0221. The zero-order valence-corrected chi connectivity index (χ0v) is 16.8. The number of ether oxygens (including phenoxy) is 2. The Morgan fingerprint density at radius 1 is 1.00 bits per heavy atom. The molecule has 2 heterocycles. The molecule has 0 aromatic rings. The number of hydrogen-bond donors (Lipinski definition) is 0. The van der Waals surface area contributed by atoms with Crippen LogP contribution in [0.2, 0.25) is 0 Å². The van der Waals surface area contributed by atoms with Crippen LogP contribution in [0.3, 0.4) is 0 Å². The summed E-state index contributed by atoms with van der Waals surface area (Å²) in [5.74, 6) is 1.27. The second-order valence-electron chi connectivity index (χ2n) is 8.81. The fourth-order valence-corrected chi connectivity index (χ4v) is 4.95. The van der Waals surface area contributed by atoms with E-state index in [1.165, 1.54) is 0 Å². The molecule has 5 heteroatoms. The van der Waals surface area contributed by atoms with Crippen LogP contribution in [0.4, 0.5) is 8.78 Å². The predicted molar refractivity (Wildman–Crippen MR) is 97.0 cm³/mol. The molecule has 3 nitrogen and oxygen atoms in total. The summed E-state index contributed by atoms with van der Waals surface area (Å²) in [5.41, 5.74) is 0. The molecular weight excluding hydrogens is 324 g/mol. The van der Waals surface area contributed by atoms with Crippen LogP contribution >= 0.6 is 0 Å². The molecular formula is C20H37F2NO2. The molecule has 2 fully saturated rings. The van der Waals surface area contributed by atoms with Crippen LogP contribution in [0.15, 0.2) is 0 Å². The average Bonchev–Trinajstić information content (AvgIpc) is 2.78. The molecule has 148 valence electrons. The van der Waals surface area contributed by atoms with E-state index in [1.54, 1.807) is 0 Å². The molecule has 0 aromatic heterocycles. The lowest BCUT2D eigenvalue weighted by Crippen LogP contribution is -2.55. The fourth-order valence-electron chi connectivity index (χ4n) is 4.95. The monoisotopic (exact) mass is 361 g/mol. The molecule has 0 aromatic carbocycles. The SMILES string of the molecule is CC(C)C1OC2COCCCC2N(CC(F)F)C(C(C)C)C1C(C)C. The van der Waals surface area contributed by atoms with Crippen LogP contribution < -0.4 is 0 Å². The Morgan fingerprint density at radius 3 is 2.20 bits per heavy atom. The Balaban J connectivity index is 2.49. The molecule has 0 spiro atoms. The number of halogens is 2. The van der Waals surface area contributed by atoms with Crippen LogP contribution in [0.5, 0.6) is 0 Å². The highest BCUT2D eigenvalue weighted by molar-refractivity contribution is 4.98. The lowest BCUT2D eigenvalue weighted by atomic mass is 9.75. The molecule has 0 bridgehead atoms. The molecule has 0 radical (unpaired) electrons. The summed E-state index contributed by atoms with van der Waals surface area (Å²) < 4.78 is 39.4. The Morgan fingerprint density at radius 2 is 1.68 bits per heavy atom. The van der Waals surface area contributed by atoms with Gasteiger partial charge < -0.3 is 9.47 Å². The fraction of sp³-hybridized carbons (Fsp3) is 1.00. The van der Waals surface area contributed by atoms with Gasteiger partial charge in [-0.1, -0.05) is 41.5 Å². The lowest BCUT2D eigenvalue weighted by Gasteiger charge is -2.44. The number of fused-ring (bicyclic) bond motifs is 1. The molecule has 2 rings (SSSR count). The third-order valence-electron chi connectivity index (χ3n) is 5.87. The standard InChI is InChI=1S/C20H37F2NO2/c1-12(2)18-19(13(3)4)23(10-17(21)22)15-8-7-9-24-11-16(15)25-20(18)14(5)6/h12-20H,7-11H2,1-6H3. The third kappa shape index (κ3) is 4.92. The first-order valence-electron chi connectivity index (χ1n) is 10.0. The van der Waals surface area contributed by atoms with E-state index in [1.807, 2.05) is 0 Å². The van der Waals surface area contributed by atoms with Crippen LogP contribution in [0.1, 0.15) is 54.4 Å². The van der Waals surface area contributed by atoms with Gasteiger partial charge in [0.25, 0.3) is 6.43 Å². The normalized spacial score (nSPS) is 35.3. The smallest absolute Gasteiger partial charge is 0.251 e. The minimum Gasteiger partial charge on any atom is -0.379 e. The Labute approximate surface area is 152 Å². The van der Waals surface area contributed by atoms with E-state index in [2.05, 4.69) is 46.4 Å². The maximum absolute atomic E-state index is 13.5. The van der Waals surface area contributed by atoms with E-state index in [0.717, 1.165) is 12.8 Å². The highest BCUT2D eigenvalue weighted by Gasteiger charge is 2.48. The van der Waals surface area contributed by atoms with Gasteiger partial charge in [-0.2, -0.15) is 0 Å². The van der Waals surface area contributed by atoms with Crippen molar-refractivity contribution in [1.82, 2.24) is 4.90 Å². The van der Waals surface area contributed by atoms with Gasteiger partial charge in [-0.25, -0.2) is 8.78 Å². The summed E-state index contributed by atoms with van der Waals surface area (Å²) in [6, 6.07) is 0.128. The molecule has 0 N–H and O–H groups in total. The molecule has 2 saturated heterocycles. The molecule has 5 atom stereocenters. The highest BCUT2D eigenvalue weighted by Crippen LogP contribution is 2.40. The summed E-state index contributed by atoms with van der Waals surface area (Å²) >= 11 is 0. The first kappa shape index (κ1) is 21.0. The van der Waals surface area contributed by atoms with Gasteiger partial charge in [-0.05, 0) is 30.6 Å². The molecule has 25 heavy (non-hydrogen) atoms. The summed E-state index contributed by atoms with van der Waals surface area (Å²) in [6.45, 7) is 14.2. The molecule has 5 unspecified atom stereocenters. The van der Waals surface area contributed by atoms with Crippen LogP contribution in [0.25, 0.3) is 0 Å². The first-order valence-corrected chi connectivity index (χ1v) is 10.0. The lowest BCUT2D eigenvalue weighted by molar-refractivity contribution is -0.0965. The van der Waals surface area contributed by atoms with Gasteiger partial charge in [0, 0.05) is 24.6 Å². The number of nitrogens with zero attached hydrogens (tertiary/aromatic N) is 1. The summed E-state index contributed by atoms with van der Waals surface area (Å²) in [4.78, 5) is 2.10. The summed E-state index contributed by atoms with van der Waals surface area (Å²) in [6.07, 6.45) is -0.582. The van der Waals surface area contributed by atoms with Gasteiger partial charge in [0.1, 0.15) is 0 Å². The highest BCUT2D eigenvalue weighted by atomic mass is 19.3. The minimum atomic E-state index is -2.32. The van der Waals surface area contributed by atoms with Crippen LogP contribution in [-0.2, 0) is 9.47 Å². The van der Waals surface area contributed by atoms with Crippen molar-refractivity contribution in [1.29, 1.82) is 0 Å². The number of rotatable bonds is 5. The van der Waals surface area contributed by atoms with Crippen molar-refractivity contribution >= 4 is 0 Å². The van der Waals surface area contributed by atoms with Crippen molar-refractivity contribution < 1.29 is 18.3 Å². The van der Waals surface area contributed by atoms with E-state index in [9.17, 15) is 8.78 Å². The average molecular weight is 362 g/mol. The van der Waals surface area contributed by atoms with E-state index < -0.39 is 6.43 Å². The van der Waals surface area contributed by atoms with Crippen molar-refractivity contribution in [3.05, 3.63) is 0 Å². The van der Waals surface area contributed by atoms with Gasteiger partial charge >= 0.3 is 0 Å². The summed E-state index contributed by atoms with van der Waals surface area (Å²) in [7, 11) is 0. The van der Waals surface area contributed by atoms with E-state index in [-0.39, 0.29) is 36.8 Å². The van der Waals surface area contributed by atoms with Crippen molar-refractivity contribution in [3.8, 4) is 0 Å². The topological polar surface area (TPSA) is 21.7 Å². The van der Waals surface area contributed by atoms with Gasteiger partial charge in [0.15, 0.2) is 0 Å². The van der Waals surface area contributed by atoms with Crippen LogP contribution in [-0.4, -0.2) is 55.4 Å². The Hall–Kier alpha value is -0.260. The van der Waals surface area contributed by atoms with Gasteiger partial charge in [-0.15, -0.1) is 0 Å². The third-order valence-corrected chi connectivity index (χ3v) is 5.87. The second-order valence-corrected chi connectivity index (χ2v) is 8.81. The Bertz CT molecular complexity index is 403. The van der Waals surface area contributed by atoms with E-state index in [0.29, 0.717) is 31.0 Å². The van der Waals surface area contributed by atoms with Gasteiger partial charge in [0.05, 0.1) is 25.4 Å². The van der Waals surface area contributed by atoms with Crippen LogP contribution in [0, 0.1) is 23.7 Å². The molecule has 2 aliphatic heterocycles. The first-order chi connectivity index (χ1) is 11.7. The van der Waals surface area contributed by atoms with E-state index >= 15 is 0 Å². The quantitative estimate of drug-likeness (QED) is 0.722. The van der Waals surface area contributed by atoms with E-state index in [4.69, 9.17) is 9.47 Å². The zero-order chi connectivity index (χ0) is 18.7. The zero-order valence-electron chi connectivity index (χ0n) is 16.8. The van der Waals surface area contributed by atoms with Gasteiger partial charge in [-0.3, -0.25) is 4.90 Å². The molecule has 0 aliphatic carbocycles. The Kier molecular flexibility index (Phi) is 7.66. The van der Waals surface area contributed by atoms with Crippen molar-refractivity contribution in [2.45, 2.75) is 85.1 Å². The number of alkyl halides is 2. The van der Waals surface area contributed by atoms with Crippen molar-refractivity contribution in [3.63, 3.8) is 0 Å². The second kappa shape index (κ2) is 9.09. The number of hydrogen-bond acceptors (Lipinski definition) is 3. The van der Waals surface area contributed by atoms with Crippen molar-refractivity contribution in [2.24, 2.45) is 23.7 Å². The largest absolute Gasteiger partial charge is 0.379 e.